The Balaban J connectivity index is 1.72. The highest BCUT2D eigenvalue weighted by Crippen LogP contribution is 2.32. The summed E-state index contributed by atoms with van der Waals surface area (Å²) in [5.74, 6) is 1.05. The standard InChI is InChI=1S/C16H18Cl2N4O2/c1-21-7-6-20-16(21)13-9-19-5-8-22(13)14(23)10-24-15-11(17)3-2-4-12(15)18/h2-4,6-7,13,19H,5,8-10H2,1H3. The van der Waals surface area contributed by atoms with Gasteiger partial charge in [-0.1, -0.05) is 29.3 Å². The van der Waals surface area contributed by atoms with Crippen LogP contribution in [-0.2, 0) is 11.8 Å². The Bertz CT molecular complexity index is 714. The molecule has 2 heterocycles. The quantitative estimate of drug-likeness (QED) is 0.899. The molecule has 1 saturated heterocycles. The van der Waals surface area contributed by atoms with Crippen LogP contribution in [0.3, 0.4) is 0 Å². The van der Waals surface area contributed by atoms with Gasteiger partial charge in [0, 0.05) is 39.1 Å². The molecule has 2 aromatic rings. The molecule has 0 radical (unpaired) electrons. The predicted octanol–water partition coefficient (Wildman–Crippen LogP) is 2.28. The second-order valence-electron chi connectivity index (χ2n) is 5.54. The molecule has 0 saturated carbocycles. The largest absolute Gasteiger partial charge is 0.481 e. The van der Waals surface area contributed by atoms with E-state index in [0.717, 1.165) is 12.4 Å². The smallest absolute Gasteiger partial charge is 0.261 e. The Morgan fingerprint density at radius 2 is 2.17 bits per heavy atom. The number of hydrogen-bond donors (Lipinski definition) is 1. The number of rotatable bonds is 4. The van der Waals surface area contributed by atoms with Gasteiger partial charge in [0.05, 0.1) is 10.0 Å². The van der Waals surface area contributed by atoms with E-state index in [1.807, 2.05) is 17.8 Å². The number of para-hydroxylation sites is 1. The van der Waals surface area contributed by atoms with Crippen molar-refractivity contribution in [3.05, 3.63) is 46.5 Å². The summed E-state index contributed by atoms with van der Waals surface area (Å²) >= 11 is 12.1. The van der Waals surface area contributed by atoms with Crippen LogP contribution in [0.4, 0.5) is 0 Å². The molecule has 1 aliphatic rings. The van der Waals surface area contributed by atoms with Gasteiger partial charge in [0.2, 0.25) is 0 Å². The van der Waals surface area contributed by atoms with E-state index in [4.69, 9.17) is 27.9 Å². The molecule has 0 bridgehead atoms. The lowest BCUT2D eigenvalue weighted by Crippen LogP contribution is -2.50. The topological polar surface area (TPSA) is 59.4 Å². The maximum atomic E-state index is 12.7. The van der Waals surface area contributed by atoms with Gasteiger partial charge in [0.25, 0.3) is 5.91 Å². The third-order valence-electron chi connectivity index (χ3n) is 3.98. The zero-order chi connectivity index (χ0) is 17.1. The van der Waals surface area contributed by atoms with E-state index in [2.05, 4.69) is 10.3 Å². The number of nitrogens with zero attached hydrogens (tertiary/aromatic N) is 3. The molecule has 1 unspecified atom stereocenters. The Morgan fingerprint density at radius 3 is 2.83 bits per heavy atom. The molecule has 1 aromatic carbocycles. The van der Waals surface area contributed by atoms with Gasteiger partial charge >= 0.3 is 0 Å². The number of piperazine rings is 1. The number of halogens is 2. The summed E-state index contributed by atoms with van der Waals surface area (Å²) < 4.78 is 7.50. The van der Waals surface area contributed by atoms with Gasteiger partial charge in [-0.25, -0.2) is 4.98 Å². The first-order chi connectivity index (χ1) is 11.6. The molecule has 6 nitrogen and oxygen atoms in total. The van der Waals surface area contributed by atoms with E-state index in [1.165, 1.54) is 0 Å². The van der Waals surface area contributed by atoms with Crippen LogP contribution in [0, 0.1) is 0 Å². The van der Waals surface area contributed by atoms with Crippen LogP contribution in [0.25, 0.3) is 0 Å². The first kappa shape index (κ1) is 17.1. The molecule has 1 amide bonds. The maximum Gasteiger partial charge on any atom is 0.261 e. The van der Waals surface area contributed by atoms with Gasteiger partial charge < -0.3 is 19.5 Å². The van der Waals surface area contributed by atoms with Gasteiger partial charge in [-0.2, -0.15) is 0 Å². The highest BCUT2D eigenvalue weighted by atomic mass is 35.5. The first-order valence-electron chi connectivity index (χ1n) is 7.62. The van der Waals surface area contributed by atoms with Gasteiger partial charge in [0.15, 0.2) is 12.4 Å². The molecule has 1 atom stereocenters. The number of nitrogens with one attached hydrogen (secondary N) is 1. The van der Waals surface area contributed by atoms with Crippen LogP contribution in [0.2, 0.25) is 10.0 Å². The number of benzene rings is 1. The average molecular weight is 369 g/mol. The summed E-state index contributed by atoms with van der Waals surface area (Å²) in [6.07, 6.45) is 3.60. The summed E-state index contributed by atoms with van der Waals surface area (Å²) in [6.45, 7) is 1.86. The van der Waals surface area contributed by atoms with Gasteiger partial charge in [-0.05, 0) is 12.1 Å². The van der Waals surface area contributed by atoms with Crippen molar-refractivity contribution < 1.29 is 9.53 Å². The van der Waals surface area contributed by atoms with Crippen molar-refractivity contribution in [2.24, 2.45) is 7.05 Å². The molecule has 0 aliphatic carbocycles. The van der Waals surface area contributed by atoms with E-state index < -0.39 is 0 Å². The van der Waals surface area contributed by atoms with E-state index in [-0.39, 0.29) is 18.6 Å². The Labute approximate surface area is 150 Å². The van der Waals surface area contributed by atoms with Gasteiger partial charge in [-0.15, -0.1) is 0 Å². The van der Waals surface area contributed by atoms with E-state index in [1.54, 1.807) is 29.3 Å². The summed E-state index contributed by atoms with van der Waals surface area (Å²) in [5, 5.41) is 4.07. The van der Waals surface area contributed by atoms with Crippen molar-refractivity contribution in [2.75, 3.05) is 26.2 Å². The molecule has 1 aromatic heterocycles. The zero-order valence-corrected chi connectivity index (χ0v) is 14.7. The van der Waals surface area contributed by atoms with E-state index >= 15 is 0 Å². The molecule has 3 rings (SSSR count). The number of ether oxygens (including phenoxy) is 1. The SMILES string of the molecule is Cn1ccnc1C1CNCCN1C(=O)COc1c(Cl)cccc1Cl. The number of aryl methyl sites for hydroxylation is 1. The molecular formula is C16H18Cl2N4O2. The molecule has 1 fully saturated rings. The number of amides is 1. The highest BCUT2D eigenvalue weighted by Gasteiger charge is 2.30. The monoisotopic (exact) mass is 368 g/mol. The first-order valence-corrected chi connectivity index (χ1v) is 8.37. The minimum Gasteiger partial charge on any atom is -0.481 e. The summed E-state index contributed by atoms with van der Waals surface area (Å²) in [7, 11) is 1.92. The van der Waals surface area contributed by atoms with Crippen molar-refractivity contribution in [3.63, 3.8) is 0 Å². The number of aromatic nitrogens is 2. The number of imidazole rings is 1. The molecule has 1 aliphatic heterocycles. The lowest BCUT2D eigenvalue weighted by Gasteiger charge is -2.35. The normalized spacial score (nSPS) is 17.8. The summed E-state index contributed by atoms with van der Waals surface area (Å²) in [4.78, 5) is 18.8. The Morgan fingerprint density at radius 1 is 1.42 bits per heavy atom. The lowest BCUT2D eigenvalue weighted by atomic mass is 10.1. The van der Waals surface area contributed by atoms with Gasteiger partial charge in [-0.3, -0.25) is 4.79 Å². The summed E-state index contributed by atoms with van der Waals surface area (Å²) in [5.41, 5.74) is 0. The van der Waals surface area contributed by atoms with Crippen molar-refractivity contribution in [1.82, 2.24) is 19.8 Å². The zero-order valence-electron chi connectivity index (χ0n) is 13.2. The Kier molecular flexibility index (Phi) is 5.28. The van der Waals surface area contributed by atoms with Crippen molar-refractivity contribution >= 4 is 29.1 Å². The van der Waals surface area contributed by atoms with Crippen LogP contribution in [0.1, 0.15) is 11.9 Å². The van der Waals surface area contributed by atoms with Crippen LogP contribution in [0.15, 0.2) is 30.6 Å². The van der Waals surface area contributed by atoms with Gasteiger partial charge in [0.1, 0.15) is 11.9 Å². The molecule has 24 heavy (non-hydrogen) atoms. The van der Waals surface area contributed by atoms with Crippen LogP contribution >= 0.6 is 23.2 Å². The average Bonchev–Trinajstić information content (AvgIpc) is 3.00. The van der Waals surface area contributed by atoms with E-state index in [9.17, 15) is 4.79 Å². The third kappa shape index (κ3) is 3.50. The minimum absolute atomic E-state index is 0.121. The van der Waals surface area contributed by atoms with Crippen LogP contribution in [-0.4, -0.2) is 46.6 Å². The molecular weight excluding hydrogens is 351 g/mol. The third-order valence-corrected chi connectivity index (χ3v) is 4.57. The summed E-state index contributed by atoms with van der Waals surface area (Å²) in [6, 6.07) is 4.95. The fourth-order valence-electron chi connectivity index (χ4n) is 2.77. The molecule has 128 valence electrons. The minimum atomic E-state index is -0.128. The second kappa shape index (κ2) is 7.42. The van der Waals surface area contributed by atoms with Crippen molar-refractivity contribution in [1.29, 1.82) is 0 Å². The Hall–Kier alpha value is -1.76. The molecule has 1 N–H and O–H groups in total. The number of hydrogen-bond acceptors (Lipinski definition) is 4. The van der Waals surface area contributed by atoms with E-state index in [0.29, 0.717) is 28.9 Å². The van der Waals surface area contributed by atoms with Crippen molar-refractivity contribution in [2.45, 2.75) is 6.04 Å². The predicted molar refractivity (Wildman–Crippen MR) is 92.5 cm³/mol. The second-order valence-corrected chi connectivity index (χ2v) is 6.36. The van der Waals surface area contributed by atoms with Crippen LogP contribution < -0.4 is 10.1 Å². The van der Waals surface area contributed by atoms with Crippen molar-refractivity contribution in [3.8, 4) is 5.75 Å². The fourth-order valence-corrected chi connectivity index (χ4v) is 3.28. The molecule has 8 heteroatoms. The number of carbonyl (C=O) groups is 1. The maximum absolute atomic E-state index is 12.7. The lowest BCUT2D eigenvalue weighted by molar-refractivity contribution is -0.137. The molecule has 0 spiro atoms. The fraction of sp³-hybridized carbons (Fsp3) is 0.375. The van der Waals surface area contributed by atoms with Crippen LogP contribution in [0.5, 0.6) is 5.75 Å². The highest BCUT2D eigenvalue weighted by molar-refractivity contribution is 6.37. The number of carbonyl (C=O) groups excluding carboxylic acids is 1.